The Labute approximate surface area is 132 Å². The molecule has 1 aliphatic rings. The summed E-state index contributed by atoms with van der Waals surface area (Å²) in [5.41, 5.74) is 2.29. The third kappa shape index (κ3) is 4.86. The van der Waals surface area contributed by atoms with Gasteiger partial charge < -0.3 is 15.7 Å². The smallest absolute Gasteiger partial charge is 0.315 e. The third-order valence-electron chi connectivity index (χ3n) is 3.91. The van der Waals surface area contributed by atoms with Crippen LogP contribution in [0.2, 0.25) is 0 Å². The number of aliphatic hydroxyl groups is 1. The zero-order valence-electron chi connectivity index (χ0n) is 13.1. The maximum atomic E-state index is 11.8. The summed E-state index contributed by atoms with van der Waals surface area (Å²) in [4.78, 5) is 14.0. The van der Waals surface area contributed by atoms with Crippen molar-refractivity contribution in [3.8, 4) is 0 Å². The molecule has 120 valence electrons. The van der Waals surface area contributed by atoms with E-state index in [4.69, 9.17) is 0 Å². The molecule has 3 N–H and O–H groups in total. The highest BCUT2D eigenvalue weighted by atomic mass is 16.3. The molecular formula is C17H25N3O2. The number of β-amino-alcohol motifs (C(OH)–C–C–N with tert-alkyl or cyclic N) is 1. The van der Waals surface area contributed by atoms with Crippen molar-refractivity contribution in [2.45, 2.75) is 38.6 Å². The lowest BCUT2D eigenvalue weighted by atomic mass is 10.1. The lowest BCUT2D eigenvalue weighted by Gasteiger charge is -2.18. The normalized spacial score (nSPS) is 19.6. The second-order valence-electron chi connectivity index (χ2n) is 5.80. The monoisotopic (exact) mass is 303 g/mol. The van der Waals surface area contributed by atoms with Crippen molar-refractivity contribution < 1.29 is 9.90 Å². The van der Waals surface area contributed by atoms with E-state index in [-0.39, 0.29) is 18.2 Å². The number of nitrogens with one attached hydrogen (secondary N) is 2. The predicted molar refractivity (Wildman–Crippen MR) is 87.4 cm³/mol. The van der Waals surface area contributed by atoms with Crippen LogP contribution in [0.5, 0.6) is 0 Å². The first-order valence-electron chi connectivity index (χ1n) is 7.72. The Morgan fingerprint density at radius 3 is 2.86 bits per heavy atom. The topological polar surface area (TPSA) is 64.6 Å². The summed E-state index contributed by atoms with van der Waals surface area (Å²) in [5, 5.41) is 15.3. The number of benzene rings is 1. The van der Waals surface area contributed by atoms with Gasteiger partial charge in [-0.2, -0.15) is 0 Å². The number of aliphatic hydroxyl groups excluding tert-OH is 1. The van der Waals surface area contributed by atoms with E-state index >= 15 is 0 Å². The number of carbonyl (C=O) groups is 1. The predicted octanol–water partition coefficient (Wildman–Crippen LogP) is 1.63. The van der Waals surface area contributed by atoms with E-state index in [1.54, 1.807) is 6.08 Å². The number of amides is 2. The van der Waals surface area contributed by atoms with E-state index in [2.05, 4.69) is 28.2 Å². The highest BCUT2D eigenvalue weighted by Gasteiger charge is 2.20. The second-order valence-corrected chi connectivity index (χ2v) is 5.80. The third-order valence-corrected chi connectivity index (χ3v) is 3.91. The number of urea groups is 1. The fourth-order valence-electron chi connectivity index (χ4n) is 2.57. The summed E-state index contributed by atoms with van der Waals surface area (Å²) in [5.74, 6) is 0. The summed E-state index contributed by atoms with van der Waals surface area (Å²) in [6.45, 7) is 8.45. The van der Waals surface area contributed by atoms with Crippen LogP contribution in [0.15, 0.2) is 36.9 Å². The summed E-state index contributed by atoms with van der Waals surface area (Å²) in [6.07, 6.45) is 2.31. The molecule has 0 aromatic heterocycles. The molecule has 1 heterocycles. The molecule has 22 heavy (non-hydrogen) atoms. The van der Waals surface area contributed by atoms with Crippen LogP contribution < -0.4 is 10.6 Å². The van der Waals surface area contributed by atoms with E-state index in [0.717, 1.165) is 31.6 Å². The number of hydrogen-bond donors (Lipinski definition) is 3. The Hall–Kier alpha value is -1.85. The van der Waals surface area contributed by atoms with Gasteiger partial charge in [-0.3, -0.25) is 4.90 Å². The van der Waals surface area contributed by atoms with Gasteiger partial charge in [-0.15, -0.1) is 6.58 Å². The van der Waals surface area contributed by atoms with E-state index in [1.165, 1.54) is 5.56 Å². The number of likely N-dealkylation sites (tertiary alicyclic amines) is 1. The molecule has 2 atom stereocenters. The van der Waals surface area contributed by atoms with Crippen LogP contribution in [0.25, 0.3) is 0 Å². The number of rotatable bonds is 6. The number of nitrogens with zero attached hydrogens (tertiary/aromatic N) is 1. The molecule has 5 nitrogen and oxygen atoms in total. The molecule has 0 saturated carbocycles. The first-order chi connectivity index (χ1) is 10.6. The first kappa shape index (κ1) is 16.5. The largest absolute Gasteiger partial charge is 0.392 e. The van der Waals surface area contributed by atoms with Crippen LogP contribution in [0.4, 0.5) is 4.79 Å². The Balaban J connectivity index is 1.90. The number of hydrogen-bond acceptors (Lipinski definition) is 3. The van der Waals surface area contributed by atoms with Crippen LogP contribution >= 0.6 is 0 Å². The van der Waals surface area contributed by atoms with Gasteiger partial charge in [-0.05, 0) is 24.5 Å². The van der Waals surface area contributed by atoms with E-state index in [0.29, 0.717) is 6.54 Å². The average molecular weight is 303 g/mol. The van der Waals surface area contributed by atoms with Crippen molar-refractivity contribution in [2.24, 2.45) is 0 Å². The van der Waals surface area contributed by atoms with Crippen molar-refractivity contribution in [1.29, 1.82) is 0 Å². The fraction of sp³-hybridized carbons (Fsp3) is 0.471. The van der Waals surface area contributed by atoms with Gasteiger partial charge in [0.1, 0.15) is 0 Å². The van der Waals surface area contributed by atoms with Crippen molar-refractivity contribution in [3.05, 3.63) is 48.0 Å². The zero-order valence-corrected chi connectivity index (χ0v) is 13.1. The number of carbonyl (C=O) groups excluding carboxylic acids is 1. The summed E-state index contributed by atoms with van der Waals surface area (Å²) in [6, 6.07) is 7.83. The van der Waals surface area contributed by atoms with Gasteiger partial charge >= 0.3 is 6.03 Å². The molecule has 0 aliphatic carbocycles. The molecule has 2 unspecified atom stereocenters. The van der Waals surface area contributed by atoms with Gasteiger partial charge in [0.2, 0.25) is 0 Å². The van der Waals surface area contributed by atoms with Crippen LogP contribution in [-0.2, 0) is 13.1 Å². The highest BCUT2D eigenvalue weighted by Crippen LogP contribution is 2.16. The van der Waals surface area contributed by atoms with E-state index in [9.17, 15) is 9.90 Å². The molecule has 2 rings (SSSR count). The minimum atomic E-state index is -0.212. The minimum Gasteiger partial charge on any atom is -0.392 e. The first-order valence-corrected chi connectivity index (χ1v) is 7.72. The van der Waals surface area contributed by atoms with Gasteiger partial charge in [-0.25, -0.2) is 4.79 Å². The van der Waals surface area contributed by atoms with Gasteiger partial charge in [0, 0.05) is 32.2 Å². The molecular weight excluding hydrogens is 278 g/mol. The molecule has 1 aromatic rings. The van der Waals surface area contributed by atoms with E-state index < -0.39 is 0 Å². The Bertz CT molecular complexity index is 518. The summed E-state index contributed by atoms with van der Waals surface area (Å²) in [7, 11) is 0. The Morgan fingerprint density at radius 1 is 1.50 bits per heavy atom. The summed E-state index contributed by atoms with van der Waals surface area (Å²) < 4.78 is 0. The second kappa shape index (κ2) is 7.96. The maximum Gasteiger partial charge on any atom is 0.315 e. The minimum absolute atomic E-state index is 0.0543. The molecule has 5 heteroatoms. The van der Waals surface area contributed by atoms with E-state index in [1.807, 2.05) is 25.1 Å². The van der Waals surface area contributed by atoms with Crippen LogP contribution in [-0.4, -0.2) is 41.3 Å². The zero-order chi connectivity index (χ0) is 15.9. The van der Waals surface area contributed by atoms with Crippen molar-refractivity contribution in [3.63, 3.8) is 0 Å². The maximum absolute atomic E-state index is 11.8. The molecule has 0 spiro atoms. The van der Waals surface area contributed by atoms with Crippen LogP contribution in [0, 0.1) is 0 Å². The molecule has 0 radical (unpaired) electrons. The van der Waals surface area contributed by atoms with Crippen molar-refractivity contribution in [1.82, 2.24) is 15.5 Å². The molecule has 0 bridgehead atoms. The van der Waals surface area contributed by atoms with Gasteiger partial charge in [-0.1, -0.05) is 30.3 Å². The summed E-state index contributed by atoms with van der Waals surface area (Å²) >= 11 is 0. The molecule has 1 fully saturated rings. The SMILES string of the molecule is C=CC(C)NC(=O)NCc1ccccc1CN1CCC(O)C1. The lowest BCUT2D eigenvalue weighted by Crippen LogP contribution is -2.39. The van der Waals surface area contributed by atoms with Crippen molar-refractivity contribution >= 4 is 6.03 Å². The Morgan fingerprint density at radius 2 is 2.23 bits per heavy atom. The lowest BCUT2D eigenvalue weighted by molar-refractivity contribution is 0.174. The average Bonchev–Trinajstić information content (AvgIpc) is 2.91. The molecule has 1 aliphatic heterocycles. The van der Waals surface area contributed by atoms with Crippen molar-refractivity contribution in [2.75, 3.05) is 13.1 Å². The Kier molecular flexibility index (Phi) is 5.98. The molecule has 1 saturated heterocycles. The fourth-order valence-corrected chi connectivity index (χ4v) is 2.57. The van der Waals surface area contributed by atoms with Gasteiger partial charge in [0.25, 0.3) is 0 Å². The standard InChI is InChI=1S/C17H25N3O2/c1-3-13(2)19-17(22)18-10-14-6-4-5-7-15(14)11-20-9-8-16(21)12-20/h3-7,13,16,21H,1,8-12H2,2H3,(H2,18,19,22). The highest BCUT2D eigenvalue weighted by molar-refractivity contribution is 5.74. The quantitative estimate of drug-likeness (QED) is 0.700. The van der Waals surface area contributed by atoms with Gasteiger partial charge in [0.15, 0.2) is 0 Å². The van der Waals surface area contributed by atoms with Gasteiger partial charge in [0.05, 0.1) is 6.10 Å². The molecule has 1 aromatic carbocycles. The van der Waals surface area contributed by atoms with Crippen LogP contribution in [0.3, 0.4) is 0 Å². The van der Waals surface area contributed by atoms with Crippen LogP contribution in [0.1, 0.15) is 24.5 Å². The molecule has 2 amide bonds.